The van der Waals surface area contributed by atoms with Gasteiger partial charge in [-0.3, -0.25) is 9.98 Å². The molecule has 0 bridgehead atoms. The molecule has 4 nitrogen and oxygen atoms in total. The van der Waals surface area contributed by atoms with Crippen molar-refractivity contribution in [1.82, 2.24) is 4.98 Å². The standard InChI is InChI=1S/C13H15FN2O2.C10H13Cl/c1-4-12(8(2)13(17)18)16-9(3)10-5-11(14)7-15-6-10;1-3-8-5-6-10(11)9(4-2)7-8/h5-7H,4H2,1-3H3,(H,17,18);5-7H,3-4H2,1-2H3/b12-8+,16-9?;. The zero-order chi connectivity index (χ0) is 22.0. The number of hydrogen-bond acceptors (Lipinski definition) is 3. The van der Waals surface area contributed by atoms with Crippen LogP contribution in [0.5, 0.6) is 0 Å². The van der Waals surface area contributed by atoms with E-state index in [1.165, 1.54) is 30.3 Å². The number of allylic oxidation sites excluding steroid dienone is 1. The lowest BCUT2D eigenvalue weighted by Crippen LogP contribution is -2.03. The van der Waals surface area contributed by atoms with Gasteiger partial charge in [-0.2, -0.15) is 0 Å². The number of carboxylic acid groups (broad SMARTS) is 1. The molecule has 0 aliphatic carbocycles. The average molecular weight is 419 g/mol. The second kappa shape index (κ2) is 12.1. The van der Waals surface area contributed by atoms with E-state index in [-0.39, 0.29) is 5.57 Å². The topological polar surface area (TPSA) is 62.5 Å². The monoisotopic (exact) mass is 418 g/mol. The lowest BCUT2D eigenvalue weighted by molar-refractivity contribution is -0.132. The fraction of sp³-hybridized carbons (Fsp3) is 0.348. The van der Waals surface area contributed by atoms with E-state index in [2.05, 4.69) is 36.0 Å². The molecule has 0 amide bonds. The number of nitrogens with zero attached hydrogens (tertiary/aromatic N) is 2. The Bertz CT molecular complexity index is 908. The highest BCUT2D eigenvalue weighted by Gasteiger charge is 2.08. The first-order chi connectivity index (χ1) is 13.7. The van der Waals surface area contributed by atoms with Crippen LogP contribution >= 0.6 is 11.6 Å². The van der Waals surface area contributed by atoms with Gasteiger partial charge in [0.15, 0.2) is 0 Å². The first-order valence-electron chi connectivity index (χ1n) is 9.59. The SMILES string of the molecule is CC/C(N=C(C)c1cncc(F)c1)=C(/C)C(=O)O.CCc1ccc(Cl)c(CC)c1. The number of carboxylic acids is 1. The normalized spacial score (nSPS) is 12.0. The van der Waals surface area contributed by atoms with E-state index in [4.69, 9.17) is 16.7 Å². The molecule has 1 N–H and O–H groups in total. The predicted molar refractivity (Wildman–Crippen MR) is 117 cm³/mol. The van der Waals surface area contributed by atoms with Crippen molar-refractivity contribution in [3.63, 3.8) is 0 Å². The number of benzene rings is 1. The number of aromatic nitrogens is 1. The van der Waals surface area contributed by atoms with Crippen LogP contribution in [0.4, 0.5) is 4.39 Å². The summed E-state index contributed by atoms with van der Waals surface area (Å²) in [7, 11) is 0. The van der Waals surface area contributed by atoms with Gasteiger partial charge in [0, 0.05) is 22.5 Å². The van der Waals surface area contributed by atoms with Crippen LogP contribution < -0.4 is 0 Å². The molecule has 0 radical (unpaired) electrons. The van der Waals surface area contributed by atoms with Crippen LogP contribution in [0.2, 0.25) is 5.02 Å². The minimum atomic E-state index is -0.999. The number of aliphatic carboxylic acids is 1. The van der Waals surface area contributed by atoms with Crippen molar-refractivity contribution in [3.8, 4) is 0 Å². The molecular weight excluding hydrogens is 391 g/mol. The first-order valence-corrected chi connectivity index (χ1v) is 9.97. The Labute approximate surface area is 177 Å². The fourth-order valence-corrected chi connectivity index (χ4v) is 2.80. The second-order valence-electron chi connectivity index (χ2n) is 6.45. The molecule has 2 rings (SSSR count). The lowest BCUT2D eigenvalue weighted by Gasteiger charge is -2.05. The summed E-state index contributed by atoms with van der Waals surface area (Å²) >= 11 is 5.95. The maximum absolute atomic E-state index is 13.0. The summed E-state index contributed by atoms with van der Waals surface area (Å²) in [5.74, 6) is -1.44. The van der Waals surface area contributed by atoms with E-state index in [9.17, 15) is 9.18 Å². The van der Waals surface area contributed by atoms with E-state index < -0.39 is 11.8 Å². The predicted octanol–water partition coefficient (Wildman–Crippen LogP) is 6.26. The smallest absolute Gasteiger partial charge is 0.333 e. The molecule has 1 heterocycles. The number of hydrogen-bond donors (Lipinski definition) is 1. The summed E-state index contributed by atoms with van der Waals surface area (Å²) in [5, 5.41) is 9.80. The Morgan fingerprint density at radius 1 is 1.14 bits per heavy atom. The van der Waals surface area contributed by atoms with Crippen LogP contribution in [-0.4, -0.2) is 21.8 Å². The van der Waals surface area contributed by atoms with Crippen molar-refractivity contribution in [1.29, 1.82) is 0 Å². The van der Waals surface area contributed by atoms with Gasteiger partial charge in [-0.25, -0.2) is 9.18 Å². The Hall–Kier alpha value is -2.53. The molecule has 1 aromatic carbocycles. The molecule has 0 spiro atoms. The lowest BCUT2D eigenvalue weighted by atomic mass is 10.1. The third-order valence-electron chi connectivity index (χ3n) is 4.41. The summed E-state index contributed by atoms with van der Waals surface area (Å²) in [6.45, 7) is 9.30. The van der Waals surface area contributed by atoms with Gasteiger partial charge in [-0.1, -0.05) is 44.5 Å². The summed E-state index contributed by atoms with van der Waals surface area (Å²) in [5.41, 5.74) is 4.38. The van der Waals surface area contributed by atoms with Crippen LogP contribution in [0, 0.1) is 5.82 Å². The van der Waals surface area contributed by atoms with Crippen LogP contribution in [0.3, 0.4) is 0 Å². The molecule has 2 aromatic rings. The number of halogens is 2. The molecule has 0 fully saturated rings. The van der Waals surface area contributed by atoms with Gasteiger partial charge in [-0.05, 0) is 56.4 Å². The minimum Gasteiger partial charge on any atom is -0.478 e. The molecule has 156 valence electrons. The minimum absolute atomic E-state index is 0.196. The van der Waals surface area contributed by atoms with Gasteiger partial charge in [0.25, 0.3) is 0 Å². The van der Waals surface area contributed by atoms with Crippen LogP contribution in [0.25, 0.3) is 0 Å². The summed E-state index contributed by atoms with van der Waals surface area (Å²) in [6, 6.07) is 7.57. The molecule has 6 heteroatoms. The number of rotatable bonds is 6. The third kappa shape index (κ3) is 7.78. The van der Waals surface area contributed by atoms with E-state index in [0.717, 1.165) is 24.1 Å². The summed E-state index contributed by atoms with van der Waals surface area (Å²) in [4.78, 5) is 18.8. The van der Waals surface area contributed by atoms with E-state index >= 15 is 0 Å². The van der Waals surface area contributed by atoms with Gasteiger partial charge in [0.05, 0.1) is 17.5 Å². The van der Waals surface area contributed by atoms with Gasteiger partial charge < -0.3 is 5.11 Å². The zero-order valence-corrected chi connectivity index (χ0v) is 18.3. The molecule has 0 unspecified atom stereocenters. The Morgan fingerprint density at radius 3 is 2.34 bits per heavy atom. The van der Waals surface area contributed by atoms with Crippen molar-refractivity contribution in [2.75, 3.05) is 0 Å². The largest absolute Gasteiger partial charge is 0.478 e. The molecule has 0 saturated carbocycles. The Balaban J connectivity index is 0.000000326. The quantitative estimate of drug-likeness (QED) is 0.444. The van der Waals surface area contributed by atoms with Crippen LogP contribution in [-0.2, 0) is 17.6 Å². The Morgan fingerprint density at radius 2 is 1.83 bits per heavy atom. The molecule has 0 saturated heterocycles. The van der Waals surface area contributed by atoms with Crippen molar-refractivity contribution in [3.05, 3.63) is 75.5 Å². The fourth-order valence-electron chi connectivity index (χ4n) is 2.55. The third-order valence-corrected chi connectivity index (χ3v) is 4.78. The first kappa shape index (κ1) is 24.5. The highest BCUT2D eigenvalue weighted by molar-refractivity contribution is 6.31. The molecule has 0 aliphatic heterocycles. The molecule has 0 aliphatic rings. The van der Waals surface area contributed by atoms with E-state index in [0.29, 0.717) is 23.4 Å². The van der Waals surface area contributed by atoms with Crippen molar-refractivity contribution < 1.29 is 14.3 Å². The zero-order valence-electron chi connectivity index (χ0n) is 17.6. The van der Waals surface area contributed by atoms with Gasteiger partial charge in [-0.15, -0.1) is 0 Å². The van der Waals surface area contributed by atoms with Crippen molar-refractivity contribution in [2.24, 2.45) is 4.99 Å². The maximum Gasteiger partial charge on any atom is 0.333 e. The van der Waals surface area contributed by atoms with Crippen LogP contribution in [0.1, 0.15) is 57.7 Å². The second-order valence-corrected chi connectivity index (χ2v) is 6.86. The van der Waals surface area contributed by atoms with Gasteiger partial charge in [0.1, 0.15) is 5.82 Å². The van der Waals surface area contributed by atoms with Crippen molar-refractivity contribution in [2.45, 2.75) is 53.9 Å². The number of aryl methyl sites for hydroxylation is 2. The number of aliphatic imine (C=N–C) groups is 1. The van der Waals surface area contributed by atoms with Crippen LogP contribution in [0.15, 0.2) is 52.9 Å². The highest BCUT2D eigenvalue weighted by Crippen LogP contribution is 2.18. The number of carbonyl (C=O) groups is 1. The molecule has 0 atom stereocenters. The van der Waals surface area contributed by atoms with E-state index in [1.807, 2.05) is 13.0 Å². The van der Waals surface area contributed by atoms with E-state index in [1.54, 1.807) is 6.92 Å². The maximum atomic E-state index is 13.0. The molecule has 1 aromatic heterocycles. The van der Waals surface area contributed by atoms with Crippen molar-refractivity contribution >= 4 is 23.3 Å². The molecule has 29 heavy (non-hydrogen) atoms. The summed E-state index contributed by atoms with van der Waals surface area (Å²) < 4.78 is 13.0. The highest BCUT2D eigenvalue weighted by atomic mass is 35.5. The van der Waals surface area contributed by atoms with Gasteiger partial charge >= 0.3 is 5.97 Å². The average Bonchev–Trinajstić information content (AvgIpc) is 2.72. The van der Waals surface area contributed by atoms with Gasteiger partial charge in [0.2, 0.25) is 0 Å². The molecular formula is C23H28ClFN2O2. The number of pyridine rings is 1. The Kier molecular flexibility index (Phi) is 10.2. The summed E-state index contributed by atoms with van der Waals surface area (Å²) in [6.07, 6.45) is 5.20.